The molecule has 5 rings (SSSR count). The standard InChI is InChI=1S/C19H17N5O/c1-3-16-15(11-21-23-16)9-13(1)14-2-4-17-18(10-14)22-19(12-20-17)24-5-7-25-8-6-24/h1-4,9-12H,5-8H2,(H,21,23). The van der Waals surface area contributed by atoms with Crippen molar-refractivity contribution in [2.45, 2.75) is 0 Å². The first kappa shape index (κ1) is 14.4. The molecule has 6 nitrogen and oxygen atoms in total. The van der Waals surface area contributed by atoms with Crippen LogP contribution in [0.5, 0.6) is 0 Å². The summed E-state index contributed by atoms with van der Waals surface area (Å²) in [4.78, 5) is 11.6. The van der Waals surface area contributed by atoms with Crippen LogP contribution >= 0.6 is 0 Å². The summed E-state index contributed by atoms with van der Waals surface area (Å²) >= 11 is 0. The maximum absolute atomic E-state index is 5.42. The Morgan fingerprint density at radius 2 is 1.76 bits per heavy atom. The van der Waals surface area contributed by atoms with E-state index >= 15 is 0 Å². The third-order valence-corrected chi connectivity index (χ3v) is 4.64. The third kappa shape index (κ3) is 2.60. The average molecular weight is 331 g/mol. The molecule has 0 aliphatic carbocycles. The summed E-state index contributed by atoms with van der Waals surface area (Å²) < 4.78 is 5.42. The van der Waals surface area contributed by atoms with Gasteiger partial charge in [-0.05, 0) is 35.4 Å². The number of nitrogens with one attached hydrogen (secondary N) is 1. The second-order valence-electron chi connectivity index (χ2n) is 6.20. The van der Waals surface area contributed by atoms with E-state index in [9.17, 15) is 0 Å². The molecule has 0 amide bonds. The van der Waals surface area contributed by atoms with E-state index < -0.39 is 0 Å². The first-order valence-electron chi connectivity index (χ1n) is 8.40. The van der Waals surface area contributed by atoms with Gasteiger partial charge in [0.2, 0.25) is 0 Å². The highest BCUT2D eigenvalue weighted by Crippen LogP contribution is 2.26. The lowest BCUT2D eigenvalue weighted by Gasteiger charge is -2.27. The van der Waals surface area contributed by atoms with Crippen molar-refractivity contribution in [3.05, 3.63) is 48.8 Å². The van der Waals surface area contributed by atoms with Gasteiger partial charge in [0, 0.05) is 18.5 Å². The Hall–Kier alpha value is -2.99. The van der Waals surface area contributed by atoms with Gasteiger partial charge in [-0.3, -0.25) is 10.1 Å². The van der Waals surface area contributed by atoms with Crippen molar-refractivity contribution in [3.63, 3.8) is 0 Å². The van der Waals surface area contributed by atoms with Crippen LogP contribution in [-0.4, -0.2) is 46.5 Å². The van der Waals surface area contributed by atoms with Crippen LogP contribution in [0, 0.1) is 0 Å². The van der Waals surface area contributed by atoms with Gasteiger partial charge in [-0.15, -0.1) is 0 Å². The van der Waals surface area contributed by atoms with E-state index in [1.807, 2.05) is 18.5 Å². The van der Waals surface area contributed by atoms with Gasteiger partial charge in [0.05, 0.1) is 42.2 Å². The molecular weight excluding hydrogens is 314 g/mol. The number of H-pyrrole nitrogens is 1. The maximum atomic E-state index is 5.42. The van der Waals surface area contributed by atoms with Gasteiger partial charge >= 0.3 is 0 Å². The number of hydrogen-bond donors (Lipinski definition) is 1. The topological polar surface area (TPSA) is 66.9 Å². The summed E-state index contributed by atoms with van der Waals surface area (Å²) in [7, 11) is 0. The van der Waals surface area contributed by atoms with Crippen molar-refractivity contribution in [2.24, 2.45) is 0 Å². The van der Waals surface area contributed by atoms with Gasteiger partial charge in [-0.2, -0.15) is 5.10 Å². The van der Waals surface area contributed by atoms with E-state index in [2.05, 4.69) is 50.4 Å². The number of hydrogen-bond acceptors (Lipinski definition) is 5. The smallest absolute Gasteiger partial charge is 0.148 e. The van der Waals surface area contributed by atoms with E-state index in [1.165, 1.54) is 0 Å². The molecule has 2 aromatic carbocycles. The molecule has 1 saturated heterocycles. The Morgan fingerprint density at radius 1 is 0.920 bits per heavy atom. The minimum absolute atomic E-state index is 0.741. The fourth-order valence-corrected chi connectivity index (χ4v) is 3.25. The second kappa shape index (κ2) is 5.82. The van der Waals surface area contributed by atoms with E-state index in [-0.39, 0.29) is 0 Å². The molecule has 1 N–H and O–H groups in total. The molecule has 0 bridgehead atoms. The zero-order valence-corrected chi connectivity index (χ0v) is 13.6. The van der Waals surface area contributed by atoms with Crippen molar-refractivity contribution >= 4 is 27.8 Å². The Kier molecular flexibility index (Phi) is 3.34. The summed E-state index contributed by atoms with van der Waals surface area (Å²) in [5.74, 6) is 0.915. The summed E-state index contributed by atoms with van der Waals surface area (Å²) in [6.07, 6.45) is 3.70. The summed E-state index contributed by atoms with van der Waals surface area (Å²) in [5.41, 5.74) is 5.14. The minimum atomic E-state index is 0.741. The normalized spacial score (nSPS) is 15.1. The Morgan fingerprint density at radius 3 is 2.68 bits per heavy atom. The molecule has 0 spiro atoms. The first-order chi connectivity index (χ1) is 12.4. The number of rotatable bonds is 2. The highest BCUT2D eigenvalue weighted by atomic mass is 16.5. The van der Waals surface area contributed by atoms with Crippen LogP contribution in [0.4, 0.5) is 5.82 Å². The summed E-state index contributed by atoms with van der Waals surface area (Å²) in [6.45, 7) is 3.20. The number of nitrogens with zero attached hydrogens (tertiary/aromatic N) is 4. The predicted molar refractivity (Wildman–Crippen MR) is 97.7 cm³/mol. The Labute approximate surface area is 144 Å². The number of benzene rings is 2. The molecule has 3 heterocycles. The maximum Gasteiger partial charge on any atom is 0.148 e. The van der Waals surface area contributed by atoms with Crippen LogP contribution in [0.3, 0.4) is 0 Å². The van der Waals surface area contributed by atoms with E-state index in [1.54, 1.807) is 0 Å². The third-order valence-electron chi connectivity index (χ3n) is 4.64. The minimum Gasteiger partial charge on any atom is -0.378 e. The van der Waals surface area contributed by atoms with Crippen LogP contribution in [-0.2, 0) is 4.74 Å². The molecule has 4 aromatic rings. The van der Waals surface area contributed by atoms with Crippen molar-refractivity contribution in [2.75, 3.05) is 31.2 Å². The zero-order valence-electron chi connectivity index (χ0n) is 13.6. The molecule has 0 unspecified atom stereocenters. The van der Waals surface area contributed by atoms with Crippen LogP contribution in [0.25, 0.3) is 33.1 Å². The van der Waals surface area contributed by atoms with Gasteiger partial charge in [0.25, 0.3) is 0 Å². The van der Waals surface area contributed by atoms with Crippen molar-refractivity contribution in [3.8, 4) is 11.1 Å². The number of aromatic amines is 1. The lowest BCUT2D eigenvalue weighted by molar-refractivity contribution is 0.122. The van der Waals surface area contributed by atoms with Crippen LogP contribution in [0.15, 0.2) is 48.8 Å². The molecule has 0 radical (unpaired) electrons. The van der Waals surface area contributed by atoms with Gasteiger partial charge in [0.1, 0.15) is 5.82 Å². The van der Waals surface area contributed by atoms with Gasteiger partial charge in [-0.25, -0.2) is 4.98 Å². The molecule has 0 saturated carbocycles. The van der Waals surface area contributed by atoms with Crippen LogP contribution in [0.2, 0.25) is 0 Å². The van der Waals surface area contributed by atoms with E-state index in [4.69, 9.17) is 9.72 Å². The highest BCUT2D eigenvalue weighted by Gasteiger charge is 2.13. The second-order valence-corrected chi connectivity index (χ2v) is 6.20. The molecule has 25 heavy (non-hydrogen) atoms. The van der Waals surface area contributed by atoms with Gasteiger partial charge < -0.3 is 9.64 Å². The molecule has 0 atom stereocenters. The van der Waals surface area contributed by atoms with Crippen molar-refractivity contribution < 1.29 is 4.74 Å². The van der Waals surface area contributed by atoms with Crippen LogP contribution in [0.1, 0.15) is 0 Å². The predicted octanol–water partition coefficient (Wildman–Crippen LogP) is 3.01. The molecule has 1 aliphatic rings. The molecule has 124 valence electrons. The Bertz CT molecular complexity index is 1050. The lowest BCUT2D eigenvalue weighted by Crippen LogP contribution is -2.36. The quantitative estimate of drug-likeness (QED) is 0.611. The first-order valence-corrected chi connectivity index (χ1v) is 8.40. The van der Waals surface area contributed by atoms with E-state index in [0.29, 0.717) is 0 Å². The number of fused-ring (bicyclic) bond motifs is 2. The number of anilines is 1. The van der Waals surface area contributed by atoms with Crippen molar-refractivity contribution in [1.82, 2.24) is 20.2 Å². The monoisotopic (exact) mass is 331 g/mol. The molecule has 2 aromatic heterocycles. The van der Waals surface area contributed by atoms with Crippen LogP contribution < -0.4 is 4.90 Å². The molecule has 1 aliphatic heterocycles. The summed E-state index contributed by atoms with van der Waals surface area (Å²) in [5, 5.41) is 8.17. The van der Waals surface area contributed by atoms with Crippen molar-refractivity contribution in [1.29, 1.82) is 0 Å². The fourth-order valence-electron chi connectivity index (χ4n) is 3.25. The zero-order chi connectivity index (χ0) is 16.6. The van der Waals surface area contributed by atoms with Gasteiger partial charge in [-0.1, -0.05) is 12.1 Å². The molecule has 1 fully saturated rings. The summed E-state index contributed by atoms with van der Waals surface area (Å²) in [6, 6.07) is 12.5. The molecule has 6 heteroatoms. The number of aromatic nitrogens is 4. The SMILES string of the molecule is c1cc2[nH]ncc2cc1-c1ccc2ncc(N3CCOCC3)nc2c1. The average Bonchev–Trinajstić information content (AvgIpc) is 3.15. The molecular formula is C19H17N5O. The largest absolute Gasteiger partial charge is 0.378 e. The Balaban J connectivity index is 1.56. The highest BCUT2D eigenvalue weighted by molar-refractivity contribution is 5.87. The number of ether oxygens (including phenoxy) is 1. The fraction of sp³-hybridized carbons (Fsp3) is 0.211. The number of morpholine rings is 1. The lowest BCUT2D eigenvalue weighted by atomic mass is 10.0. The van der Waals surface area contributed by atoms with E-state index in [0.717, 1.165) is 65.2 Å². The van der Waals surface area contributed by atoms with Gasteiger partial charge in [0.15, 0.2) is 0 Å².